The Morgan fingerprint density at radius 2 is 1.61 bits per heavy atom. The first kappa shape index (κ1) is 24.1. The molecule has 0 aliphatic heterocycles. The number of hydrogen-bond donors (Lipinski definition) is 0. The topological polar surface area (TPSA) is 67.2 Å². The van der Waals surface area contributed by atoms with E-state index in [-0.39, 0.29) is 21.2 Å². The van der Waals surface area contributed by atoms with Crippen molar-refractivity contribution in [2.24, 2.45) is 0 Å². The highest BCUT2D eigenvalue weighted by molar-refractivity contribution is 9.11. The van der Waals surface area contributed by atoms with E-state index >= 15 is 0 Å². The summed E-state index contributed by atoms with van der Waals surface area (Å²) >= 11 is 24.7. The van der Waals surface area contributed by atoms with Gasteiger partial charge in [-0.3, -0.25) is 0 Å². The lowest BCUT2D eigenvalue weighted by Crippen LogP contribution is -2.11. The molecular weight excluding hydrogens is 612 g/mol. The number of nitriles is 1. The van der Waals surface area contributed by atoms with Gasteiger partial charge in [-0.05, 0) is 70.5 Å². The molecule has 4 nitrogen and oxygen atoms in total. The van der Waals surface area contributed by atoms with Gasteiger partial charge in [-0.1, -0.05) is 56.8 Å². The lowest BCUT2D eigenvalue weighted by atomic mass is 10.0. The van der Waals surface area contributed by atoms with Crippen LogP contribution in [0.5, 0.6) is 5.75 Å². The molecule has 0 saturated heterocycles. The van der Waals surface area contributed by atoms with E-state index in [9.17, 15) is 13.7 Å². The van der Waals surface area contributed by atoms with Crippen LogP contribution in [-0.2, 0) is 10.1 Å². The van der Waals surface area contributed by atoms with E-state index < -0.39 is 10.1 Å². The van der Waals surface area contributed by atoms with Gasteiger partial charge in [0.05, 0.1) is 21.1 Å². The molecule has 0 fully saturated rings. The Labute approximate surface area is 211 Å². The summed E-state index contributed by atoms with van der Waals surface area (Å²) in [4.78, 5) is -0.0668. The van der Waals surface area contributed by atoms with Gasteiger partial charge >= 0.3 is 10.1 Å². The first-order valence-corrected chi connectivity index (χ1v) is 12.5. The Morgan fingerprint density at radius 1 is 0.968 bits per heavy atom. The van der Waals surface area contributed by atoms with Crippen LogP contribution < -0.4 is 4.18 Å². The van der Waals surface area contributed by atoms with E-state index in [1.54, 1.807) is 24.3 Å². The van der Waals surface area contributed by atoms with Crippen LogP contribution in [0.1, 0.15) is 11.1 Å². The normalized spacial score (nSPS) is 11.8. The minimum atomic E-state index is -4.17. The van der Waals surface area contributed by atoms with Gasteiger partial charge < -0.3 is 4.18 Å². The second-order valence-corrected chi connectivity index (χ2v) is 10.7. The van der Waals surface area contributed by atoms with Crippen LogP contribution in [-0.4, -0.2) is 8.42 Å². The van der Waals surface area contributed by atoms with Crippen molar-refractivity contribution in [3.05, 3.63) is 89.7 Å². The molecule has 31 heavy (non-hydrogen) atoms. The summed E-state index contributed by atoms with van der Waals surface area (Å²) in [6.45, 7) is 0. The van der Waals surface area contributed by atoms with Crippen molar-refractivity contribution >= 4 is 88.4 Å². The predicted molar refractivity (Wildman–Crippen MR) is 131 cm³/mol. The number of halogens is 5. The SMILES string of the molecule is N#C/C(=C\c1cc(Br)cc(Br)c1OS(=O)(=O)c1ccc(Cl)cc1)c1ccc(Cl)cc1Cl. The van der Waals surface area contributed by atoms with Gasteiger partial charge in [0.1, 0.15) is 4.90 Å². The van der Waals surface area contributed by atoms with Crippen LogP contribution in [0, 0.1) is 11.3 Å². The summed E-state index contributed by atoms with van der Waals surface area (Å²) in [5.74, 6) is 0.0102. The minimum Gasteiger partial charge on any atom is -0.377 e. The third kappa shape index (κ3) is 5.83. The highest BCUT2D eigenvalue weighted by atomic mass is 79.9. The number of rotatable bonds is 5. The third-order valence-electron chi connectivity index (χ3n) is 3.97. The van der Waals surface area contributed by atoms with Gasteiger partial charge in [-0.25, -0.2) is 0 Å². The average Bonchev–Trinajstić information content (AvgIpc) is 2.69. The monoisotopic (exact) mass is 619 g/mol. The van der Waals surface area contributed by atoms with Crippen LogP contribution in [0.2, 0.25) is 15.1 Å². The summed E-state index contributed by atoms with van der Waals surface area (Å²) in [6.07, 6.45) is 1.48. The predicted octanol–water partition coefficient (Wildman–Crippen LogP) is 8.00. The molecule has 0 bridgehead atoms. The van der Waals surface area contributed by atoms with Crippen LogP contribution in [0.15, 0.2) is 68.4 Å². The molecule has 0 atom stereocenters. The third-order valence-corrected chi connectivity index (χ3v) is 7.06. The van der Waals surface area contributed by atoms with Gasteiger partial charge in [-0.15, -0.1) is 0 Å². The number of hydrogen-bond acceptors (Lipinski definition) is 4. The zero-order valence-electron chi connectivity index (χ0n) is 15.2. The molecule has 0 unspecified atom stereocenters. The molecule has 0 radical (unpaired) electrons. The highest BCUT2D eigenvalue weighted by Crippen LogP contribution is 2.38. The number of benzene rings is 3. The van der Waals surface area contributed by atoms with E-state index in [2.05, 4.69) is 37.9 Å². The van der Waals surface area contributed by atoms with Crippen molar-refractivity contribution in [3.8, 4) is 11.8 Å². The molecule has 0 N–H and O–H groups in total. The number of nitrogens with zero attached hydrogens (tertiary/aromatic N) is 1. The first-order valence-electron chi connectivity index (χ1n) is 8.37. The first-order chi connectivity index (χ1) is 14.6. The molecule has 3 rings (SSSR count). The van der Waals surface area contributed by atoms with Crippen LogP contribution in [0.4, 0.5) is 0 Å². The van der Waals surface area contributed by atoms with E-state index in [0.717, 1.165) is 0 Å². The van der Waals surface area contributed by atoms with E-state index in [1.807, 2.05) is 0 Å². The maximum Gasteiger partial charge on any atom is 0.339 e. The van der Waals surface area contributed by atoms with Crippen molar-refractivity contribution < 1.29 is 12.6 Å². The van der Waals surface area contributed by atoms with Crippen LogP contribution in [0.3, 0.4) is 0 Å². The molecule has 158 valence electrons. The standard InChI is InChI=1S/C21H10Br2Cl3NO3S/c22-14-8-12(7-13(11-27)18-6-3-16(25)10-20(18)26)21(19(23)9-14)30-31(28,29)17-4-1-15(24)2-5-17/h1-10H/b13-7+. The van der Waals surface area contributed by atoms with E-state index in [4.69, 9.17) is 39.0 Å². The summed E-state index contributed by atoms with van der Waals surface area (Å²) in [5, 5.41) is 10.8. The van der Waals surface area contributed by atoms with Crippen molar-refractivity contribution in [1.29, 1.82) is 5.26 Å². The van der Waals surface area contributed by atoms with E-state index in [1.165, 1.54) is 36.4 Å². The Morgan fingerprint density at radius 3 is 2.23 bits per heavy atom. The molecule has 0 aromatic heterocycles. The van der Waals surface area contributed by atoms with Gasteiger partial charge in [0.25, 0.3) is 0 Å². The Bertz CT molecular complexity index is 1340. The fourth-order valence-electron chi connectivity index (χ4n) is 2.57. The van der Waals surface area contributed by atoms with Crippen molar-refractivity contribution in [3.63, 3.8) is 0 Å². The lowest BCUT2D eigenvalue weighted by molar-refractivity contribution is 0.484. The highest BCUT2D eigenvalue weighted by Gasteiger charge is 2.21. The van der Waals surface area contributed by atoms with Crippen molar-refractivity contribution in [1.82, 2.24) is 0 Å². The summed E-state index contributed by atoms with van der Waals surface area (Å²) < 4.78 is 32.0. The smallest absolute Gasteiger partial charge is 0.339 e. The zero-order valence-corrected chi connectivity index (χ0v) is 21.5. The fraction of sp³-hybridized carbons (Fsp3) is 0. The molecule has 0 amide bonds. The Balaban J connectivity index is 2.12. The second kappa shape index (κ2) is 9.95. The van der Waals surface area contributed by atoms with Crippen molar-refractivity contribution in [2.45, 2.75) is 4.90 Å². The van der Waals surface area contributed by atoms with Gasteiger partial charge in [-0.2, -0.15) is 13.7 Å². The molecule has 0 aliphatic rings. The van der Waals surface area contributed by atoms with Crippen molar-refractivity contribution in [2.75, 3.05) is 0 Å². The van der Waals surface area contributed by atoms with Crippen LogP contribution >= 0.6 is 66.7 Å². The molecule has 0 saturated carbocycles. The summed E-state index contributed by atoms with van der Waals surface area (Å²) in [6, 6.07) is 15.6. The summed E-state index contributed by atoms with van der Waals surface area (Å²) in [5.41, 5.74) is 0.970. The van der Waals surface area contributed by atoms with E-state index in [0.29, 0.717) is 30.1 Å². The largest absolute Gasteiger partial charge is 0.377 e. The Hall–Kier alpha value is -1.53. The lowest BCUT2D eigenvalue weighted by Gasteiger charge is -2.13. The second-order valence-electron chi connectivity index (χ2n) is 6.09. The molecule has 0 spiro atoms. The molecular formula is C21H10Br2Cl3NO3S. The molecule has 0 heterocycles. The Kier molecular flexibility index (Phi) is 7.74. The van der Waals surface area contributed by atoms with Gasteiger partial charge in [0.2, 0.25) is 0 Å². The molecule has 3 aromatic carbocycles. The fourth-order valence-corrected chi connectivity index (χ4v) is 5.62. The molecule has 0 aliphatic carbocycles. The maximum absolute atomic E-state index is 12.8. The minimum absolute atomic E-state index is 0.0102. The molecule has 10 heteroatoms. The zero-order chi connectivity index (χ0) is 22.8. The maximum atomic E-state index is 12.8. The quantitative estimate of drug-likeness (QED) is 0.164. The summed E-state index contributed by atoms with van der Waals surface area (Å²) in [7, 11) is -4.17. The van der Waals surface area contributed by atoms with Crippen LogP contribution in [0.25, 0.3) is 11.6 Å². The van der Waals surface area contributed by atoms with Gasteiger partial charge in [0.15, 0.2) is 5.75 Å². The molecule has 3 aromatic rings. The van der Waals surface area contributed by atoms with Gasteiger partial charge in [0, 0.05) is 25.6 Å². The number of allylic oxidation sites excluding steroid dienone is 1. The average molecular weight is 623 g/mol.